The molecule has 1 heterocycles. The van der Waals surface area contributed by atoms with Crippen LogP contribution in [0.5, 0.6) is 11.5 Å². The van der Waals surface area contributed by atoms with Gasteiger partial charge in [-0.15, -0.1) is 0 Å². The second kappa shape index (κ2) is 5.37. The summed E-state index contributed by atoms with van der Waals surface area (Å²) in [6, 6.07) is 3.81. The SMILES string of the molecule is CC(C(=O)c1ccc(O)cc1O)N1CCNCC1. The fourth-order valence-corrected chi connectivity index (χ4v) is 2.19. The fraction of sp³-hybridized carbons (Fsp3) is 0.462. The number of carbonyl (C=O) groups excluding carboxylic acids is 1. The van der Waals surface area contributed by atoms with Crippen LogP contribution in [0.2, 0.25) is 0 Å². The van der Waals surface area contributed by atoms with Crippen LogP contribution in [0.1, 0.15) is 17.3 Å². The van der Waals surface area contributed by atoms with Gasteiger partial charge in [-0.05, 0) is 19.1 Å². The molecule has 1 aliphatic rings. The molecule has 0 spiro atoms. The molecule has 0 saturated carbocycles. The zero-order chi connectivity index (χ0) is 13.1. The maximum atomic E-state index is 12.3. The highest BCUT2D eigenvalue weighted by molar-refractivity contribution is 6.02. The molecule has 1 aromatic rings. The molecule has 0 aromatic heterocycles. The Labute approximate surface area is 106 Å². The van der Waals surface area contributed by atoms with Crippen molar-refractivity contribution in [2.24, 2.45) is 0 Å². The van der Waals surface area contributed by atoms with Gasteiger partial charge in [-0.2, -0.15) is 0 Å². The number of carbonyl (C=O) groups is 1. The third kappa shape index (κ3) is 2.63. The van der Waals surface area contributed by atoms with Crippen LogP contribution in [0.15, 0.2) is 18.2 Å². The summed E-state index contributed by atoms with van der Waals surface area (Å²) in [7, 11) is 0. The predicted molar refractivity (Wildman–Crippen MR) is 68.0 cm³/mol. The van der Waals surface area contributed by atoms with Crippen molar-refractivity contribution in [1.82, 2.24) is 10.2 Å². The number of ketones is 1. The van der Waals surface area contributed by atoms with Gasteiger partial charge in [0.15, 0.2) is 5.78 Å². The Bertz CT molecular complexity index is 442. The van der Waals surface area contributed by atoms with Crippen molar-refractivity contribution in [3.8, 4) is 11.5 Å². The monoisotopic (exact) mass is 250 g/mol. The lowest BCUT2D eigenvalue weighted by molar-refractivity contribution is 0.0817. The number of rotatable bonds is 3. The molecule has 1 aromatic carbocycles. The number of phenolic OH excluding ortho intramolecular Hbond substituents is 2. The highest BCUT2D eigenvalue weighted by Gasteiger charge is 2.25. The zero-order valence-corrected chi connectivity index (χ0v) is 10.4. The van der Waals surface area contributed by atoms with E-state index in [9.17, 15) is 15.0 Å². The van der Waals surface area contributed by atoms with Crippen LogP contribution in [0.25, 0.3) is 0 Å². The Hall–Kier alpha value is -1.59. The first-order chi connectivity index (χ1) is 8.59. The van der Waals surface area contributed by atoms with E-state index in [4.69, 9.17) is 0 Å². The standard InChI is InChI=1S/C13H18N2O3/c1-9(15-6-4-14-5-7-15)13(18)11-3-2-10(16)8-12(11)17/h2-3,8-9,14,16-17H,4-7H2,1H3. The van der Waals surface area contributed by atoms with Crippen LogP contribution in [0.3, 0.4) is 0 Å². The quantitative estimate of drug-likeness (QED) is 0.684. The van der Waals surface area contributed by atoms with Crippen LogP contribution in [0, 0.1) is 0 Å². The first-order valence-electron chi connectivity index (χ1n) is 6.10. The molecule has 1 unspecified atom stereocenters. The van der Waals surface area contributed by atoms with Gasteiger partial charge in [0.25, 0.3) is 0 Å². The van der Waals surface area contributed by atoms with E-state index in [0.717, 1.165) is 26.2 Å². The Kier molecular flexibility index (Phi) is 3.84. The molecule has 1 aliphatic heterocycles. The number of hydrogen-bond acceptors (Lipinski definition) is 5. The Morgan fingerprint density at radius 1 is 1.33 bits per heavy atom. The van der Waals surface area contributed by atoms with E-state index in [2.05, 4.69) is 10.2 Å². The summed E-state index contributed by atoms with van der Waals surface area (Å²) in [5.41, 5.74) is 0.263. The van der Waals surface area contributed by atoms with E-state index in [1.807, 2.05) is 6.92 Å². The minimum absolute atomic E-state index is 0.0427. The molecule has 98 valence electrons. The van der Waals surface area contributed by atoms with Crippen molar-refractivity contribution in [2.75, 3.05) is 26.2 Å². The molecular weight excluding hydrogens is 232 g/mol. The average molecular weight is 250 g/mol. The molecule has 3 N–H and O–H groups in total. The summed E-state index contributed by atoms with van der Waals surface area (Å²) in [6.45, 7) is 5.25. The first-order valence-corrected chi connectivity index (χ1v) is 6.10. The van der Waals surface area contributed by atoms with Gasteiger partial charge in [-0.3, -0.25) is 9.69 Å². The summed E-state index contributed by atoms with van der Waals surface area (Å²) < 4.78 is 0. The lowest BCUT2D eigenvalue weighted by atomic mass is 10.0. The number of nitrogens with zero attached hydrogens (tertiary/aromatic N) is 1. The summed E-state index contributed by atoms with van der Waals surface area (Å²) in [6.07, 6.45) is 0. The lowest BCUT2D eigenvalue weighted by Gasteiger charge is -2.31. The van der Waals surface area contributed by atoms with Crippen molar-refractivity contribution >= 4 is 5.78 Å². The topological polar surface area (TPSA) is 72.8 Å². The van der Waals surface area contributed by atoms with E-state index in [1.54, 1.807) is 0 Å². The van der Waals surface area contributed by atoms with Gasteiger partial charge >= 0.3 is 0 Å². The number of hydrogen-bond donors (Lipinski definition) is 3. The zero-order valence-electron chi connectivity index (χ0n) is 10.4. The van der Waals surface area contributed by atoms with E-state index in [-0.39, 0.29) is 28.9 Å². The van der Waals surface area contributed by atoms with Crippen LogP contribution in [-0.2, 0) is 0 Å². The molecule has 1 fully saturated rings. The molecular formula is C13H18N2O3. The minimum atomic E-state index is -0.262. The number of phenols is 2. The average Bonchev–Trinajstić information content (AvgIpc) is 2.38. The molecule has 1 atom stereocenters. The van der Waals surface area contributed by atoms with Crippen LogP contribution in [-0.4, -0.2) is 53.1 Å². The number of nitrogens with one attached hydrogen (secondary N) is 1. The van der Waals surface area contributed by atoms with E-state index in [0.29, 0.717) is 0 Å². The molecule has 0 amide bonds. The van der Waals surface area contributed by atoms with Gasteiger partial charge < -0.3 is 15.5 Å². The minimum Gasteiger partial charge on any atom is -0.508 e. The fourth-order valence-electron chi connectivity index (χ4n) is 2.19. The Balaban J connectivity index is 2.14. The van der Waals surface area contributed by atoms with Crippen LogP contribution in [0.4, 0.5) is 0 Å². The van der Waals surface area contributed by atoms with E-state index < -0.39 is 0 Å². The molecule has 5 heteroatoms. The maximum Gasteiger partial charge on any atom is 0.183 e. The largest absolute Gasteiger partial charge is 0.508 e. The molecule has 5 nitrogen and oxygen atoms in total. The van der Waals surface area contributed by atoms with E-state index in [1.165, 1.54) is 18.2 Å². The molecule has 0 bridgehead atoms. The molecule has 0 radical (unpaired) electrons. The van der Waals surface area contributed by atoms with E-state index >= 15 is 0 Å². The predicted octanol–water partition coefficient (Wildman–Crippen LogP) is 0.574. The number of benzene rings is 1. The summed E-state index contributed by atoms with van der Waals surface area (Å²) in [4.78, 5) is 14.4. The smallest absolute Gasteiger partial charge is 0.183 e. The summed E-state index contributed by atoms with van der Waals surface area (Å²) in [5, 5.41) is 22.1. The summed E-state index contributed by atoms with van der Waals surface area (Å²) >= 11 is 0. The normalized spacial score (nSPS) is 18.5. The van der Waals surface area contributed by atoms with Crippen LogP contribution < -0.4 is 5.32 Å². The molecule has 2 rings (SSSR count). The maximum absolute atomic E-state index is 12.3. The van der Waals surface area contributed by atoms with Crippen molar-refractivity contribution < 1.29 is 15.0 Å². The van der Waals surface area contributed by atoms with Crippen molar-refractivity contribution in [1.29, 1.82) is 0 Å². The van der Waals surface area contributed by atoms with Crippen molar-refractivity contribution in [3.63, 3.8) is 0 Å². The highest BCUT2D eigenvalue weighted by atomic mass is 16.3. The van der Waals surface area contributed by atoms with Gasteiger partial charge in [-0.1, -0.05) is 0 Å². The number of Topliss-reactive ketones (excluding diaryl/α,β-unsaturated/α-hetero) is 1. The van der Waals surface area contributed by atoms with Gasteiger partial charge in [0.05, 0.1) is 11.6 Å². The highest BCUT2D eigenvalue weighted by Crippen LogP contribution is 2.24. The molecule has 0 aliphatic carbocycles. The Morgan fingerprint density at radius 2 is 2.00 bits per heavy atom. The summed E-state index contributed by atoms with van der Waals surface area (Å²) in [5.74, 6) is -0.324. The molecule has 18 heavy (non-hydrogen) atoms. The van der Waals surface area contributed by atoms with Crippen molar-refractivity contribution in [3.05, 3.63) is 23.8 Å². The van der Waals surface area contributed by atoms with Gasteiger partial charge in [0, 0.05) is 32.2 Å². The van der Waals surface area contributed by atoms with Gasteiger partial charge in [-0.25, -0.2) is 0 Å². The van der Waals surface area contributed by atoms with Gasteiger partial charge in [0.2, 0.25) is 0 Å². The third-order valence-electron chi connectivity index (χ3n) is 3.33. The Morgan fingerprint density at radius 3 is 2.61 bits per heavy atom. The third-order valence-corrected chi connectivity index (χ3v) is 3.33. The van der Waals surface area contributed by atoms with Crippen LogP contribution >= 0.6 is 0 Å². The first kappa shape index (κ1) is 12.9. The van der Waals surface area contributed by atoms with Gasteiger partial charge in [0.1, 0.15) is 11.5 Å². The number of aromatic hydroxyl groups is 2. The molecule has 1 saturated heterocycles. The van der Waals surface area contributed by atoms with Crippen molar-refractivity contribution in [2.45, 2.75) is 13.0 Å². The second-order valence-corrected chi connectivity index (χ2v) is 4.53. The second-order valence-electron chi connectivity index (χ2n) is 4.53. The lowest BCUT2D eigenvalue weighted by Crippen LogP contribution is -2.50. The number of piperazine rings is 1.